The summed E-state index contributed by atoms with van der Waals surface area (Å²) in [6.45, 7) is 4.71. The van der Waals surface area contributed by atoms with E-state index in [1.54, 1.807) is 37.6 Å². The number of nitrogens with zero attached hydrogens (tertiary/aromatic N) is 4. The summed E-state index contributed by atoms with van der Waals surface area (Å²) >= 11 is 0. The number of carbonyl (C=O) groups is 2. The Morgan fingerprint density at radius 3 is 2.60 bits per heavy atom. The van der Waals surface area contributed by atoms with Crippen molar-refractivity contribution >= 4 is 17.8 Å². The third-order valence-electron chi connectivity index (χ3n) is 7.78. The first kappa shape index (κ1) is 29.7. The maximum Gasteiger partial charge on any atom is 0.258 e. The molecular formula is C33H34N6O6. The number of hydrogen-bond donors (Lipinski definition) is 2. The van der Waals surface area contributed by atoms with Crippen LogP contribution in [0.15, 0.2) is 60.8 Å². The van der Waals surface area contributed by atoms with Crippen LogP contribution < -0.4 is 34.5 Å². The average molecular weight is 611 g/mol. The minimum absolute atomic E-state index is 0.235. The van der Waals surface area contributed by atoms with E-state index in [1.165, 1.54) is 7.11 Å². The Labute approximate surface area is 260 Å². The van der Waals surface area contributed by atoms with Gasteiger partial charge in [-0.2, -0.15) is 0 Å². The molecule has 2 atom stereocenters. The van der Waals surface area contributed by atoms with Gasteiger partial charge in [-0.05, 0) is 56.3 Å². The normalized spacial score (nSPS) is 18.2. The van der Waals surface area contributed by atoms with E-state index in [0.717, 1.165) is 28.2 Å². The van der Waals surface area contributed by atoms with Crippen molar-refractivity contribution in [2.24, 2.45) is 0 Å². The molecular weight excluding hydrogens is 576 g/mol. The van der Waals surface area contributed by atoms with E-state index in [4.69, 9.17) is 23.9 Å². The van der Waals surface area contributed by atoms with Gasteiger partial charge in [0, 0.05) is 59.5 Å². The van der Waals surface area contributed by atoms with Crippen molar-refractivity contribution in [1.82, 2.24) is 25.6 Å². The van der Waals surface area contributed by atoms with Gasteiger partial charge in [0.25, 0.3) is 11.8 Å². The van der Waals surface area contributed by atoms with Crippen molar-refractivity contribution in [2.75, 3.05) is 38.8 Å². The molecule has 3 aliphatic heterocycles. The van der Waals surface area contributed by atoms with Crippen LogP contribution in [-0.2, 0) is 11.3 Å². The summed E-state index contributed by atoms with van der Waals surface area (Å²) in [5.74, 6) is 1.70. The zero-order valence-electron chi connectivity index (χ0n) is 25.5. The molecule has 1 fully saturated rings. The molecule has 4 bridgehead atoms. The van der Waals surface area contributed by atoms with Gasteiger partial charge >= 0.3 is 0 Å². The molecule has 2 N–H and O–H groups in total. The second-order valence-electron chi connectivity index (χ2n) is 10.9. The van der Waals surface area contributed by atoms with Gasteiger partial charge in [0.2, 0.25) is 5.95 Å². The van der Waals surface area contributed by atoms with Crippen molar-refractivity contribution in [3.8, 4) is 34.3 Å². The molecule has 2 aromatic carbocycles. The smallest absolute Gasteiger partial charge is 0.258 e. The Bertz CT molecular complexity index is 1750. The molecule has 0 radical (unpaired) electrons. The summed E-state index contributed by atoms with van der Waals surface area (Å²) in [5, 5.41) is 5.97. The highest BCUT2D eigenvalue weighted by Gasteiger charge is 2.37. The van der Waals surface area contributed by atoms with Crippen LogP contribution >= 0.6 is 0 Å². The summed E-state index contributed by atoms with van der Waals surface area (Å²) in [6.07, 6.45) is 1.26. The lowest BCUT2D eigenvalue weighted by molar-refractivity contribution is -0.123. The Morgan fingerprint density at radius 2 is 1.80 bits per heavy atom. The number of pyridine rings is 1. The van der Waals surface area contributed by atoms with E-state index in [0.29, 0.717) is 47.6 Å². The summed E-state index contributed by atoms with van der Waals surface area (Å²) in [5.41, 5.74) is 4.59. The van der Waals surface area contributed by atoms with E-state index >= 15 is 0 Å². The molecule has 4 aromatic rings. The van der Waals surface area contributed by atoms with Crippen LogP contribution in [0.4, 0.5) is 5.95 Å². The van der Waals surface area contributed by atoms with Gasteiger partial charge in [-0.15, -0.1) is 0 Å². The summed E-state index contributed by atoms with van der Waals surface area (Å²) in [7, 11) is 3.06. The summed E-state index contributed by atoms with van der Waals surface area (Å²) in [6, 6.07) is 15.6. The highest BCUT2D eigenvalue weighted by molar-refractivity contribution is 5.95. The number of aromatic nitrogens is 3. The molecule has 0 unspecified atom stereocenters. The molecule has 3 aliphatic rings. The number of anilines is 1. The number of ether oxygens (including phenoxy) is 4. The highest BCUT2D eigenvalue weighted by Crippen LogP contribution is 2.30. The molecule has 5 heterocycles. The third kappa shape index (κ3) is 6.59. The van der Waals surface area contributed by atoms with Gasteiger partial charge in [0.15, 0.2) is 6.61 Å². The van der Waals surface area contributed by atoms with Crippen molar-refractivity contribution in [3.63, 3.8) is 0 Å². The standard InChI is InChI=1S/C33H34N6O6/c1-19-5-8-26(20(2)36-19)27-9-10-34-33(38-27)39-16-28-30(17-39)45-23-7-6-21(29(14-23)43-4)15-35-31(40)18-44-25-12-22(32(41)37-28)11-24(13-25)42-3/h5-14,28,30H,15-18H2,1-4H3,(H,35,40)(H,37,41)/t28-,30-/m0/s1. The molecule has 1 saturated heterocycles. The highest BCUT2D eigenvalue weighted by atomic mass is 16.5. The number of methoxy groups -OCH3 is 2. The van der Waals surface area contributed by atoms with Gasteiger partial charge in [-0.25, -0.2) is 9.97 Å². The average Bonchev–Trinajstić information content (AvgIpc) is 3.44. The first-order valence-corrected chi connectivity index (χ1v) is 14.5. The van der Waals surface area contributed by atoms with Gasteiger partial charge < -0.3 is 34.5 Å². The van der Waals surface area contributed by atoms with Crippen molar-refractivity contribution < 1.29 is 28.5 Å². The molecule has 232 valence electrons. The third-order valence-corrected chi connectivity index (χ3v) is 7.78. The molecule has 0 spiro atoms. The number of nitrogens with one attached hydrogen (secondary N) is 2. The predicted molar refractivity (Wildman–Crippen MR) is 166 cm³/mol. The van der Waals surface area contributed by atoms with Crippen LogP contribution in [0.25, 0.3) is 11.3 Å². The molecule has 12 nitrogen and oxygen atoms in total. The summed E-state index contributed by atoms with van der Waals surface area (Å²) < 4.78 is 23.2. The lowest BCUT2D eigenvalue weighted by Gasteiger charge is -2.22. The van der Waals surface area contributed by atoms with E-state index in [-0.39, 0.29) is 25.0 Å². The lowest BCUT2D eigenvalue weighted by Crippen LogP contribution is -2.45. The number of rotatable bonds is 4. The van der Waals surface area contributed by atoms with Crippen molar-refractivity contribution in [3.05, 3.63) is 83.3 Å². The number of fused-ring (bicyclic) bond motifs is 7. The van der Waals surface area contributed by atoms with E-state index in [9.17, 15) is 9.59 Å². The minimum atomic E-state index is -0.462. The fraction of sp³-hybridized carbons (Fsp3) is 0.303. The van der Waals surface area contributed by atoms with Gasteiger partial charge in [-0.1, -0.05) is 0 Å². The molecule has 2 amide bonds. The number of amides is 2. The molecule has 2 aromatic heterocycles. The molecule has 0 saturated carbocycles. The van der Waals surface area contributed by atoms with Crippen LogP contribution in [0.3, 0.4) is 0 Å². The Balaban J connectivity index is 1.34. The number of benzene rings is 2. The molecule has 0 aliphatic carbocycles. The van der Waals surface area contributed by atoms with Crippen LogP contribution in [0.5, 0.6) is 23.0 Å². The monoisotopic (exact) mass is 610 g/mol. The number of aryl methyl sites for hydroxylation is 2. The largest absolute Gasteiger partial charge is 0.497 e. The lowest BCUT2D eigenvalue weighted by atomic mass is 10.1. The van der Waals surface area contributed by atoms with Crippen LogP contribution in [0, 0.1) is 13.8 Å². The maximum atomic E-state index is 13.6. The predicted octanol–water partition coefficient (Wildman–Crippen LogP) is 3.25. The van der Waals surface area contributed by atoms with Gasteiger partial charge in [-0.3, -0.25) is 14.6 Å². The van der Waals surface area contributed by atoms with E-state index < -0.39 is 12.1 Å². The summed E-state index contributed by atoms with van der Waals surface area (Å²) in [4.78, 5) is 42.2. The fourth-order valence-corrected chi connectivity index (χ4v) is 5.47. The molecule has 7 rings (SSSR count). The molecule has 12 heteroatoms. The second-order valence-corrected chi connectivity index (χ2v) is 10.9. The Hall–Kier alpha value is -5.39. The Morgan fingerprint density at radius 1 is 0.933 bits per heavy atom. The first-order chi connectivity index (χ1) is 21.8. The number of carbonyl (C=O) groups excluding carboxylic acids is 2. The van der Waals surface area contributed by atoms with Crippen LogP contribution in [-0.4, -0.2) is 72.8 Å². The van der Waals surface area contributed by atoms with Crippen LogP contribution in [0.2, 0.25) is 0 Å². The minimum Gasteiger partial charge on any atom is -0.497 e. The van der Waals surface area contributed by atoms with Crippen molar-refractivity contribution in [1.29, 1.82) is 0 Å². The van der Waals surface area contributed by atoms with Gasteiger partial charge in [0.1, 0.15) is 29.1 Å². The topological polar surface area (TPSA) is 137 Å². The van der Waals surface area contributed by atoms with E-state index in [2.05, 4.69) is 20.6 Å². The SMILES string of the molecule is COc1cc2cc(c1)C(=O)N[C@H]1CN(c3nccc(-c4ccc(C)nc4C)n3)C[C@@H]1Oc1ccc(c(OC)c1)CNC(=O)CO2. The quantitative estimate of drug-likeness (QED) is 0.354. The second kappa shape index (κ2) is 12.7. The van der Waals surface area contributed by atoms with Crippen molar-refractivity contribution in [2.45, 2.75) is 32.5 Å². The first-order valence-electron chi connectivity index (χ1n) is 14.5. The Kier molecular flexibility index (Phi) is 8.37. The zero-order chi connectivity index (χ0) is 31.5. The molecule has 45 heavy (non-hydrogen) atoms. The van der Waals surface area contributed by atoms with Crippen LogP contribution in [0.1, 0.15) is 27.3 Å². The van der Waals surface area contributed by atoms with E-state index in [1.807, 2.05) is 49.1 Å². The maximum absolute atomic E-state index is 13.6. The zero-order valence-corrected chi connectivity index (χ0v) is 25.5. The fourth-order valence-electron chi connectivity index (χ4n) is 5.47. The van der Waals surface area contributed by atoms with Gasteiger partial charge in [0.05, 0.1) is 32.5 Å². The number of hydrogen-bond acceptors (Lipinski definition) is 10.